The Bertz CT molecular complexity index is 564. The number of hydrogen-bond donors (Lipinski definition) is 0. The van der Waals surface area contributed by atoms with Gasteiger partial charge in [0.15, 0.2) is 6.29 Å². The van der Waals surface area contributed by atoms with Crippen molar-refractivity contribution in [1.29, 1.82) is 0 Å². The van der Waals surface area contributed by atoms with Gasteiger partial charge in [-0.2, -0.15) is 0 Å². The van der Waals surface area contributed by atoms with Gasteiger partial charge >= 0.3 is 0 Å². The molecule has 0 amide bonds. The first-order chi connectivity index (χ1) is 8.76. The van der Waals surface area contributed by atoms with Crippen molar-refractivity contribution in [3.8, 4) is 16.9 Å². The van der Waals surface area contributed by atoms with Gasteiger partial charge in [0.25, 0.3) is 0 Å². The molecule has 3 heteroatoms. The Balaban J connectivity index is 2.51. The SMILES string of the molecule is CCOc1ccccc1-c1ccc(F)c(C=O)c1. The maximum absolute atomic E-state index is 13.3. The second kappa shape index (κ2) is 5.45. The number of aldehydes is 1. The predicted molar refractivity (Wildman–Crippen MR) is 68.4 cm³/mol. The van der Waals surface area contributed by atoms with Crippen LogP contribution in [0.5, 0.6) is 5.75 Å². The van der Waals surface area contributed by atoms with Gasteiger partial charge in [-0.1, -0.05) is 24.3 Å². The fourth-order valence-corrected chi connectivity index (χ4v) is 1.79. The standard InChI is InChI=1S/C15H13FO2/c1-2-18-15-6-4-3-5-13(15)11-7-8-14(16)12(9-11)10-17/h3-10H,2H2,1H3. The van der Waals surface area contributed by atoms with Crippen molar-refractivity contribution in [1.82, 2.24) is 0 Å². The van der Waals surface area contributed by atoms with Crippen molar-refractivity contribution in [2.75, 3.05) is 6.61 Å². The first-order valence-corrected chi connectivity index (χ1v) is 5.73. The Hall–Kier alpha value is -2.16. The number of carbonyl (C=O) groups excluding carboxylic acids is 1. The number of ether oxygens (including phenoxy) is 1. The Morgan fingerprint density at radius 2 is 2.00 bits per heavy atom. The predicted octanol–water partition coefficient (Wildman–Crippen LogP) is 3.70. The number of benzene rings is 2. The molecule has 2 aromatic carbocycles. The van der Waals surface area contributed by atoms with Crippen LogP contribution in [0.3, 0.4) is 0 Å². The summed E-state index contributed by atoms with van der Waals surface area (Å²) in [6.07, 6.45) is 0.516. The molecule has 0 aliphatic carbocycles. The summed E-state index contributed by atoms with van der Waals surface area (Å²) in [6.45, 7) is 2.46. The van der Waals surface area contributed by atoms with Gasteiger partial charge in [0.2, 0.25) is 0 Å². The third-order valence-electron chi connectivity index (χ3n) is 2.62. The maximum atomic E-state index is 13.3. The molecule has 0 saturated carbocycles. The molecular formula is C15H13FO2. The van der Waals surface area contributed by atoms with Crippen molar-refractivity contribution in [2.24, 2.45) is 0 Å². The monoisotopic (exact) mass is 244 g/mol. The Morgan fingerprint density at radius 3 is 2.72 bits per heavy atom. The highest BCUT2D eigenvalue weighted by Crippen LogP contribution is 2.30. The van der Waals surface area contributed by atoms with Crippen LogP contribution >= 0.6 is 0 Å². The molecule has 0 unspecified atom stereocenters. The minimum Gasteiger partial charge on any atom is -0.493 e. The highest BCUT2D eigenvalue weighted by Gasteiger charge is 2.08. The molecule has 0 saturated heterocycles. The highest BCUT2D eigenvalue weighted by molar-refractivity contribution is 5.80. The van der Waals surface area contributed by atoms with E-state index >= 15 is 0 Å². The van der Waals surface area contributed by atoms with Crippen LogP contribution in [0, 0.1) is 5.82 Å². The van der Waals surface area contributed by atoms with E-state index in [-0.39, 0.29) is 5.56 Å². The van der Waals surface area contributed by atoms with E-state index in [1.807, 2.05) is 31.2 Å². The molecule has 0 atom stereocenters. The van der Waals surface area contributed by atoms with Gasteiger partial charge in [-0.3, -0.25) is 4.79 Å². The average Bonchev–Trinajstić information content (AvgIpc) is 2.40. The Labute approximate surface area is 105 Å². The first kappa shape index (κ1) is 12.3. The van der Waals surface area contributed by atoms with Gasteiger partial charge in [-0.25, -0.2) is 4.39 Å². The summed E-state index contributed by atoms with van der Waals surface area (Å²) in [4.78, 5) is 10.8. The molecule has 0 aliphatic rings. The van der Waals surface area contributed by atoms with E-state index in [9.17, 15) is 9.18 Å². The van der Waals surface area contributed by atoms with Crippen LogP contribution in [-0.2, 0) is 0 Å². The summed E-state index contributed by atoms with van der Waals surface area (Å²) in [7, 11) is 0. The number of rotatable bonds is 4. The first-order valence-electron chi connectivity index (χ1n) is 5.73. The molecule has 2 aromatic rings. The number of hydrogen-bond acceptors (Lipinski definition) is 2. The molecule has 0 heterocycles. The number of para-hydroxylation sites is 1. The van der Waals surface area contributed by atoms with E-state index in [4.69, 9.17) is 4.74 Å². The van der Waals surface area contributed by atoms with E-state index in [1.54, 1.807) is 6.07 Å². The molecule has 0 aliphatic heterocycles. The second-order valence-corrected chi connectivity index (χ2v) is 3.78. The zero-order valence-electron chi connectivity index (χ0n) is 10.0. The topological polar surface area (TPSA) is 26.3 Å². The van der Waals surface area contributed by atoms with Crippen molar-refractivity contribution < 1.29 is 13.9 Å². The lowest BCUT2D eigenvalue weighted by molar-refractivity contribution is 0.112. The van der Waals surface area contributed by atoms with Crippen LogP contribution in [0.1, 0.15) is 17.3 Å². The summed E-state index contributed by atoms with van der Waals surface area (Å²) in [6, 6.07) is 11.9. The largest absolute Gasteiger partial charge is 0.493 e. The zero-order valence-corrected chi connectivity index (χ0v) is 10.0. The van der Waals surface area contributed by atoms with E-state index in [0.717, 1.165) is 16.9 Å². The fraction of sp³-hybridized carbons (Fsp3) is 0.133. The van der Waals surface area contributed by atoms with Gasteiger partial charge in [0.1, 0.15) is 11.6 Å². The molecule has 2 rings (SSSR count). The summed E-state index contributed by atoms with van der Waals surface area (Å²) < 4.78 is 18.8. The van der Waals surface area contributed by atoms with Gasteiger partial charge in [-0.05, 0) is 30.7 Å². The van der Waals surface area contributed by atoms with Gasteiger partial charge < -0.3 is 4.74 Å². The minimum atomic E-state index is -0.511. The quantitative estimate of drug-likeness (QED) is 0.766. The minimum absolute atomic E-state index is 0.0544. The van der Waals surface area contributed by atoms with Gasteiger partial charge in [-0.15, -0.1) is 0 Å². The molecule has 0 spiro atoms. The number of carbonyl (C=O) groups is 1. The van der Waals surface area contributed by atoms with E-state index in [0.29, 0.717) is 12.9 Å². The molecular weight excluding hydrogens is 231 g/mol. The molecule has 0 fully saturated rings. The van der Waals surface area contributed by atoms with Crippen LogP contribution in [0.25, 0.3) is 11.1 Å². The van der Waals surface area contributed by atoms with Crippen molar-refractivity contribution in [3.63, 3.8) is 0 Å². The third-order valence-corrected chi connectivity index (χ3v) is 2.62. The van der Waals surface area contributed by atoms with Crippen LogP contribution < -0.4 is 4.74 Å². The summed E-state index contributed by atoms with van der Waals surface area (Å²) in [5.41, 5.74) is 1.67. The highest BCUT2D eigenvalue weighted by atomic mass is 19.1. The molecule has 0 aromatic heterocycles. The fourth-order valence-electron chi connectivity index (χ4n) is 1.79. The Morgan fingerprint density at radius 1 is 1.22 bits per heavy atom. The molecule has 2 nitrogen and oxygen atoms in total. The van der Waals surface area contributed by atoms with Crippen LogP contribution in [0.15, 0.2) is 42.5 Å². The van der Waals surface area contributed by atoms with Crippen molar-refractivity contribution >= 4 is 6.29 Å². The lowest BCUT2D eigenvalue weighted by Gasteiger charge is -2.10. The van der Waals surface area contributed by atoms with Gasteiger partial charge in [0.05, 0.1) is 12.2 Å². The Kier molecular flexibility index (Phi) is 3.72. The van der Waals surface area contributed by atoms with E-state index in [1.165, 1.54) is 12.1 Å². The smallest absolute Gasteiger partial charge is 0.153 e. The maximum Gasteiger partial charge on any atom is 0.153 e. The summed E-state index contributed by atoms with van der Waals surface area (Å²) >= 11 is 0. The zero-order chi connectivity index (χ0) is 13.0. The number of halogens is 1. The normalized spacial score (nSPS) is 10.1. The molecule has 92 valence electrons. The molecule has 0 radical (unpaired) electrons. The van der Waals surface area contributed by atoms with Crippen LogP contribution in [-0.4, -0.2) is 12.9 Å². The van der Waals surface area contributed by atoms with E-state index < -0.39 is 5.82 Å². The van der Waals surface area contributed by atoms with E-state index in [2.05, 4.69) is 0 Å². The van der Waals surface area contributed by atoms with Crippen LogP contribution in [0.2, 0.25) is 0 Å². The lowest BCUT2D eigenvalue weighted by Crippen LogP contribution is -1.95. The summed E-state index contributed by atoms with van der Waals surface area (Å²) in [5.74, 6) is 0.214. The average molecular weight is 244 g/mol. The third kappa shape index (κ3) is 2.40. The van der Waals surface area contributed by atoms with Crippen molar-refractivity contribution in [3.05, 3.63) is 53.8 Å². The molecule has 18 heavy (non-hydrogen) atoms. The molecule has 0 N–H and O–H groups in total. The molecule has 0 bridgehead atoms. The van der Waals surface area contributed by atoms with Gasteiger partial charge in [0, 0.05) is 5.56 Å². The van der Waals surface area contributed by atoms with Crippen molar-refractivity contribution in [2.45, 2.75) is 6.92 Å². The van der Waals surface area contributed by atoms with Crippen LogP contribution in [0.4, 0.5) is 4.39 Å². The summed E-state index contributed by atoms with van der Waals surface area (Å²) in [5, 5.41) is 0. The second-order valence-electron chi connectivity index (χ2n) is 3.78. The lowest BCUT2D eigenvalue weighted by atomic mass is 10.0.